The van der Waals surface area contributed by atoms with E-state index in [2.05, 4.69) is 10.3 Å². The summed E-state index contributed by atoms with van der Waals surface area (Å²) in [6.07, 6.45) is -3.55. The normalized spacial score (nSPS) is 18.7. The molecule has 1 amide bonds. The van der Waals surface area contributed by atoms with Crippen molar-refractivity contribution in [3.8, 4) is 5.88 Å². The second kappa shape index (κ2) is 10.1. The van der Waals surface area contributed by atoms with Crippen molar-refractivity contribution in [2.24, 2.45) is 0 Å². The van der Waals surface area contributed by atoms with Crippen molar-refractivity contribution in [2.45, 2.75) is 23.0 Å². The Bertz CT molecular complexity index is 1350. The van der Waals surface area contributed by atoms with Gasteiger partial charge in [-0.05, 0) is 23.8 Å². The number of hydrogen-bond donors (Lipinski definition) is 1. The molecule has 7 nitrogen and oxygen atoms in total. The Labute approximate surface area is 210 Å². The molecule has 0 bridgehead atoms. The number of amides is 1. The molecule has 3 aromatic rings. The smallest absolute Gasteiger partial charge is 0.417 e. The maximum atomic E-state index is 13.3. The van der Waals surface area contributed by atoms with Crippen molar-refractivity contribution in [1.29, 1.82) is 0 Å². The van der Waals surface area contributed by atoms with Gasteiger partial charge in [-0.25, -0.2) is 13.4 Å². The number of rotatable bonds is 6. The number of nitrogens with one attached hydrogen (secondary N) is 1. The Morgan fingerprint density at radius 3 is 2.42 bits per heavy atom. The van der Waals surface area contributed by atoms with Gasteiger partial charge in [0.05, 0.1) is 35.5 Å². The lowest BCUT2D eigenvalue weighted by molar-refractivity contribution is -0.137. The van der Waals surface area contributed by atoms with Crippen LogP contribution in [-0.2, 0) is 16.2 Å². The molecule has 0 aliphatic carbocycles. The van der Waals surface area contributed by atoms with E-state index in [1.165, 1.54) is 35.8 Å². The summed E-state index contributed by atoms with van der Waals surface area (Å²) < 4.78 is 72.6. The molecular weight excluding hydrogens is 519 g/mol. The van der Waals surface area contributed by atoms with Gasteiger partial charge in [-0.2, -0.15) is 17.5 Å². The molecule has 190 valence electrons. The third kappa shape index (κ3) is 5.18. The SMILES string of the molecule is COc1ccc(S(=O)(=O)N2CC(NC(=O)c3cccc(C(F)(F)F)c3Cl)C(c3ccccc3)C2)cn1. The molecule has 36 heavy (non-hydrogen) atoms. The second-order valence-corrected chi connectivity index (χ2v) is 10.4. The number of carbonyl (C=O) groups excluding carboxylic acids is 1. The molecule has 1 aromatic heterocycles. The largest absolute Gasteiger partial charge is 0.481 e. The summed E-state index contributed by atoms with van der Waals surface area (Å²) in [6.45, 7) is -0.0596. The zero-order valence-corrected chi connectivity index (χ0v) is 20.4. The summed E-state index contributed by atoms with van der Waals surface area (Å²) in [5.74, 6) is -1.04. The van der Waals surface area contributed by atoms with Crippen molar-refractivity contribution < 1.29 is 31.1 Å². The van der Waals surface area contributed by atoms with E-state index in [0.717, 1.165) is 17.7 Å². The van der Waals surface area contributed by atoms with Gasteiger partial charge in [0.15, 0.2) is 0 Å². The predicted molar refractivity (Wildman–Crippen MR) is 126 cm³/mol. The van der Waals surface area contributed by atoms with E-state index in [9.17, 15) is 26.4 Å². The molecule has 0 saturated carbocycles. The average Bonchev–Trinajstić information content (AvgIpc) is 3.28. The molecule has 1 saturated heterocycles. The second-order valence-electron chi connectivity index (χ2n) is 8.12. The van der Waals surface area contributed by atoms with Crippen molar-refractivity contribution in [1.82, 2.24) is 14.6 Å². The highest BCUT2D eigenvalue weighted by Crippen LogP contribution is 2.37. The number of halogens is 4. The molecule has 1 fully saturated rings. The van der Waals surface area contributed by atoms with Crippen molar-refractivity contribution in [3.05, 3.63) is 88.6 Å². The molecule has 2 unspecified atom stereocenters. The first-order chi connectivity index (χ1) is 17.0. The van der Waals surface area contributed by atoms with Crippen LogP contribution in [0.1, 0.15) is 27.4 Å². The van der Waals surface area contributed by atoms with E-state index in [1.807, 2.05) is 0 Å². The van der Waals surface area contributed by atoms with Gasteiger partial charge in [0.2, 0.25) is 15.9 Å². The lowest BCUT2D eigenvalue weighted by Crippen LogP contribution is -2.40. The van der Waals surface area contributed by atoms with Gasteiger partial charge < -0.3 is 10.1 Å². The fourth-order valence-corrected chi connectivity index (χ4v) is 5.87. The monoisotopic (exact) mass is 539 g/mol. The number of carbonyl (C=O) groups is 1. The number of nitrogens with zero attached hydrogens (tertiary/aromatic N) is 2. The number of benzene rings is 2. The van der Waals surface area contributed by atoms with Crippen molar-refractivity contribution in [2.75, 3.05) is 20.2 Å². The van der Waals surface area contributed by atoms with Gasteiger partial charge in [-0.15, -0.1) is 0 Å². The van der Waals surface area contributed by atoms with Gasteiger partial charge in [-0.1, -0.05) is 48.0 Å². The molecule has 1 aliphatic rings. The molecule has 4 rings (SSSR count). The Morgan fingerprint density at radius 1 is 1.08 bits per heavy atom. The number of sulfonamides is 1. The standard InChI is InChI=1S/C24H21ClF3N3O4S/c1-35-21-11-10-16(12-29-21)36(33,34)31-13-18(15-6-3-2-4-7-15)20(14-31)30-23(32)17-8-5-9-19(22(17)25)24(26,27)28/h2-12,18,20H,13-14H2,1H3,(H,30,32). The molecule has 1 N–H and O–H groups in total. The maximum Gasteiger partial charge on any atom is 0.417 e. The Hall–Kier alpha value is -3.15. The first-order valence-corrected chi connectivity index (χ1v) is 12.6. The number of ether oxygens (including phenoxy) is 1. The first kappa shape index (κ1) is 25.9. The maximum absolute atomic E-state index is 13.3. The molecule has 2 heterocycles. The highest BCUT2D eigenvalue weighted by atomic mass is 35.5. The van der Waals surface area contributed by atoms with E-state index in [1.54, 1.807) is 30.3 Å². The van der Waals surface area contributed by atoms with Crippen LogP contribution in [0, 0.1) is 0 Å². The summed E-state index contributed by atoms with van der Waals surface area (Å²) >= 11 is 5.93. The minimum atomic E-state index is -4.73. The summed E-state index contributed by atoms with van der Waals surface area (Å²) in [6, 6.07) is 14.1. The fourth-order valence-electron chi connectivity index (χ4n) is 4.11. The van der Waals surface area contributed by atoms with Crippen LogP contribution in [0.2, 0.25) is 5.02 Å². The highest BCUT2D eigenvalue weighted by molar-refractivity contribution is 7.89. The zero-order valence-electron chi connectivity index (χ0n) is 18.9. The molecule has 0 spiro atoms. The quantitative estimate of drug-likeness (QED) is 0.503. The number of methoxy groups -OCH3 is 1. The third-order valence-corrected chi connectivity index (χ3v) is 8.16. The van der Waals surface area contributed by atoms with Gasteiger partial charge in [0.25, 0.3) is 5.91 Å². The van der Waals surface area contributed by atoms with Crippen LogP contribution in [0.4, 0.5) is 13.2 Å². The van der Waals surface area contributed by atoms with E-state index in [-0.39, 0.29) is 29.4 Å². The lowest BCUT2D eigenvalue weighted by atomic mass is 9.94. The molecule has 2 atom stereocenters. The first-order valence-electron chi connectivity index (χ1n) is 10.7. The van der Waals surface area contributed by atoms with Crippen LogP contribution in [0.5, 0.6) is 5.88 Å². The van der Waals surface area contributed by atoms with Crippen molar-refractivity contribution >= 4 is 27.5 Å². The number of pyridine rings is 1. The Morgan fingerprint density at radius 2 is 1.81 bits per heavy atom. The van der Waals surface area contributed by atoms with Crippen LogP contribution >= 0.6 is 11.6 Å². The molecule has 12 heteroatoms. The topological polar surface area (TPSA) is 88.6 Å². The molecule has 0 radical (unpaired) electrons. The molecule has 2 aromatic carbocycles. The third-order valence-electron chi connectivity index (χ3n) is 5.94. The van der Waals surface area contributed by atoms with E-state index >= 15 is 0 Å². The lowest BCUT2D eigenvalue weighted by Gasteiger charge is -2.21. The molecule has 1 aliphatic heterocycles. The average molecular weight is 540 g/mol. The minimum absolute atomic E-state index is 0.0413. The highest BCUT2D eigenvalue weighted by Gasteiger charge is 2.41. The fraction of sp³-hybridized carbons (Fsp3) is 0.250. The van der Waals surface area contributed by atoms with Crippen molar-refractivity contribution in [3.63, 3.8) is 0 Å². The van der Waals surface area contributed by atoms with Gasteiger partial charge in [0.1, 0.15) is 4.90 Å². The Kier molecular flexibility index (Phi) is 7.26. The van der Waals surface area contributed by atoms with Crippen LogP contribution in [0.15, 0.2) is 71.8 Å². The van der Waals surface area contributed by atoms with Crippen LogP contribution < -0.4 is 10.1 Å². The summed E-state index contributed by atoms with van der Waals surface area (Å²) in [4.78, 5) is 16.9. The van der Waals surface area contributed by atoms with Gasteiger partial charge in [0, 0.05) is 25.1 Å². The number of alkyl halides is 3. The van der Waals surface area contributed by atoms with Crippen LogP contribution in [0.25, 0.3) is 0 Å². The van der Waals surface area contributed by atoms with Crippen LogP contribution in [-0.4, -0.2) is 49.9 Å². The number of hydrogen-bond acceptors (Lipinski definition) is 5. The van der Waals surface area contributed by atoms with E-state index in [0.29, 0.717) is 0 Å². The Balaban J connectivity index is 1.64. The summed E-state index contributed by atoms with van der Waals surface area (Å²) in [5, 5.41) is 1.99. The minimum Gasteiger partial charge on any atom is -0.481 e. The van der Waals surface area contributed by atoms with Crippen LogP contribution in [0.3, 0.4) is 0 Å². The molecular formula is C24H21ClF3N3O4S. The zero-order chi connectivity index (χ0) is 26.1. The van der Waals surface area contributed by atoms with E-state index in [4.69, 9.17) is 16.3 Å². The summed E-state index contributed by atoms with van der Waals surface area (Å²) in [7, 11) is -2.57. The predicted octanol–water partition coefficient (Wildman–Crippen LogP) is 4.35. The number of aromatic nitrogens is 1. The van der Waals surface area contributed by atoms with E-state index < -0.39 is 44.7 Å². The van der Waals surface area contributed by atoms with Gasteiger partial charge >= 0.3 is 6.18 Å². The summed E-state index contributed by atoms with van der Waals surface area (Å²) in [5.41, 5.74) is -0.707. The van der Waals surface area contributed by atoms with Gasteiger partial charge in [-0.3, -0.25) is 4.79 Å².